The van der Waals surface area contributed by atoms with Crippen LogP contribution in [0.1, 0.15) is 31.1 Å². The number of fused-ring (bicyclic) bond motifs is 2. The van der Waals surface area contributed by atoms with Crippen molar-refractivity contribution in [3.8, 4) is 11.5 Å². The zero-order valence-corrected chi connectivity index (χ0v) is 14.5. The highest BCUT2D eigenvalue weighted by atomic mass is 16.5. The van der Waals surface area contributed by atoms with Gasteiger partial charge in [-0.15, -0.1) is 0 Å². The minimum atomic E-state index is -0.312. The van der Waals surface area contributed by atoms with E-state index >= 15 is 0 Å². The number of carbonyl (C=O) groups excluding carboxylic acids is 2. The number of urea groups is 1. The van der Waals surface area contributed by atoms with Crippen molar-refractivity contribution in [3.05, 3.63) is 48.0 Å². The predicted molar refractivity (Wildman–Crippen MR) is 97.6 cm³/mol. The van der Waals surface area contributed by atoms with Crippen molar-refractivity contribution < 1.29 is 14.3 Å². The van der Waals surface area contributed by atoms with Gasteiger partial charge in [0.05, 0.1) is 11.3 Å². The molecule has 0 radical (unpaired) electrons. The largest absolute Gasteiger partial charge is 0.454 e. The van der Waals surface area contributed by atoms with Crippen molar-refractivity contribution in [1.29, 1.82) is 0 Å². The molecule has 6 heteroatoms. The molecule has 0 aliphatic carbocycles. The molecule has 0 atom stereocenters. The fourth-order valence-electron chi connectivity index (χ4n) is 2.75. The van der Waals surface area contributed by atoms with Crippen molar-refractivity contribution in [2.45, 2.75) is 26.8 Å². The Balaban J connectivity index is 1.96. The molecule has 6 nitrogen and oxygen atoms in total. The van der Waals surface area contributed by atoms with Crippen LogP contribution in [0.25, 0.3) is 0 Å². The van der Waals surface area contributed by atoms with Crippen LogP contribution in [0, 0.1) is 0 Å². The lowest BCUT2D eigenvalue weighted by molar-refractivity contribution is 0.0988. The van der Waals surface area contributed by atoms with Crippen molar-refractivity contribution in [2.75, 3.05) is 16.8 Å². The normalized spacial score (nSPS) is 12.8. The number of ether oxygens (including phenoxy) is 1. The van der Waals surface area contributed by atoms with E-state index in [1.807, 2.05) is 45.0 Å². The molecule has 0 unspecified atom stereocenters. The van der Waals surface area contributed by atoms with Gasteiger partial charge in [0.25, 0.3) is 5.91 Å². The number of amides is 3. The Hall–Kier alpha value is -3.02. The van der Waals surface area contributed by atoms with Gasteiger partial charge in [-0.1, -0.05) is 12.1 Å². The van der Waals surface area contributed by atoms with E-state index in [-0.39, 0.29) is 18.0 Å². The minimum Gasteiger partial charge on any atom is -0.454 e. The number of rotatable bonds is 3. The number of hydrogen-bond acceptors (Lipinski definition) is 3. The van der Waals surface area contributed by atoms with Gasteiger partial charge in [0, 0.05) is 18.3 Å². The second-order valence-corrected chi connectivity index (χ2v) is 6.08. The summed E-state index contributed by atoms with van der Waals surface area (Å²) in [6, 6.07) is 12.2. The average Bonchev–Trinajstić information content (AvgIpc) is 2.68. The summed E-state index contributed by atoms with van der Waals surface area (Å²) >= 11 is 0. The third-order valence-electron chi connectivity index (χ3n) is 3.82. The fraction of sp³-hybridized carbons (Fsp3) is 0.263. The van der Waals surface area contributed by atoms with Gasteiger partial charge in [-0.3, -0.25) is 4.79 Å². The van der Waals surface area contributed by atoms with Crippen molar-refractivity contribution >= 4 is 23.3 Å². The lowest BCUT2D eigenvalue weighted by atomic mass is 10.1. The van der Waals surface area contributed by atoms with Gasteiger partial charge in [0.15, 0.2) is 5.75 Å². The predicted octanol–water partition coefficient (Wildman–Crippen LogP) is 3.99. The van der Waals surface area contributed by atoms with Crippen molar-refractivity contribution in [1.82, 2.24) is 5.32 Å². The molecule has 0 aromatic heterocycles. The van der Waals surface area contributed by atoms with Crippen LogP contribution in [-0.2, 0) is 0 Å². The minimum absolute atomic E-state index is 0.0240. The monoisotopic (exact) mass is 339 g/mol. The molecule has 0 spiro atoms. The lowest BCUT2D eigenvalue weighted by Crippen LogP contribution is -2.34. The second-order valence-electron chi connectivity index (χ2n) is 6.08. The molecule has 1 aliphatic rings. The van der Waals surface area contributed by atoms with E-state index in [2.05, 4.69) is 10.6 Å². The maximum absolute atomic E-state index is 13.0. The topological polar surface area (TPSA) is 70.7 Å². The third-order valence-corrected chi connectivity index (χ3v) is 3.82. The standard InChI is InChI=1S/C19H21N3O3/c1-4-22-15-7-5-6-8-17(15)25-16-10-9-13(11-14(16)18(22)23)21-19(24)20-12(2)3/h5-12H,4H2,1-3H3,(H2,20,21,24). The number of anilines is 2. The average molecular weight is 339 g/mol. The number of nitrogens with one attached hydrogen (secondary N) is 2. The van der Waals surface area contributed by atoms with E-state index in [4.69, 9.17) is 4.74 Å². The van der Waals surface area contributed by atoms with Crippen LogP contribution in [0.2, 0.25) is 0 Å². The summed E-state index contributed by atoms with van der Waals surface area (Å²) in [6.45, 7) is 6.19. The first-order valence-corrected chi connectivity index (χ1v) is 8.30. The summed E-state index contributed by atoms with van der Waals surface area (Å²) < 4.78 is 5.94. The molecule has 0 fully saturated rings. The molecule has 25 heavy (non-hydrogen) atoms. The summed E-state index contributed by atoms with van der Waals surface area (Å²) in [5.74, 6) is 0.952. The molecule has 0 bridgehead atoms. The van der Waals surface area contributed by atoms with E-state index in [1.54, 1.807) is 23.1 Å². The molecule has 0 saturated heterocycles. The Kier molecular flexibility index (Phi) is 4.61. The Bertz CT molecular complexity index is 817. The molecule has 1 aliphatic heterocycles. The van der Waals surface area contributed by atoms with Crippen molar-refractivity contribution in [2.24, 2.45) is 0 Å². The van der Waals surface area contributed by atoms with Crippen LogP contribution < -0.4 is 20.3 Å². The highest BCUT2D eigenvalue weighted by molar-refractivity contribution is 6.10. The van der Waals surface area contributed by atoms with Gasteiger partial charge in [-0.2, -0.15) is 0 Å². The first-order valence-electron chi connectivity index (χ1n) is 8.30. The smallest absolute Gasteiger partial charge is 0.319 e. The van der Waals surface area contributed by atoms with Gasteiger partial charge >= 0.3 is 6.03 Å². The highest BCUT2D eigenvalue weighted by Crippen LogP contribution is 2.39. The number of para-hydroxylation sites is 2. The Morgan fingerprint density at radius 1 is 1.16 bits per heavy atom. The van der Waals surface area contributed by atoms with Crippen LogP contribution in [0.5, 0.6) is 11.5 Å². The van der Waals surface area contributed by atoms with E-state index in [0.717, 1.165) is 5.69 Å². The van der Waals surface area contributed by atoms with E-state index in [9.17, 15) is 9.59 Å². The summed E-state index contributed by atoms with van der Waals surface area (Å²) in [6.07, 6.45) is 0. The highest BCUT2D eigenvalue weighted by Gasteiger charge is 2.27. The zero-order valence-electron chi connectivity index (χ0n) is 14.5. The van der Waals surface area contributed by atoms with Crippen LogP contribution in [-0.4, -0.2) is 24.5 Å². The maximum Gasteiger partial charge on any atom is 0.319 e. The molecular formula is C19H21N3O3. The first kappa shape index (κ1) is 16.8. The Morgan fingerprint density at radius 3 is 2.64 bits per heavy atom. The van der Waals surface area contributed by atoms with Crippen molar-refractivity contribution in [3.63, 3.8) is 0 Å². The summed E-state index contributed by atoms with van der Waals surface area (Å²) in [5.41, 5.74) is 1.69. The quantitative estimate of drug-likeness (QED) is 0.888. The molecule has 2 aromatic carbocycles. The Morgan fingerprint density at radius 2 is 1.92 bits per heavy atom. The molecule has 3 rings (SSSR count). The summed E-state index contributed by atoms with van der Waals surface area (Å²) in [7, 11) is 0. The second kappa shape index (κ2) is 6.84. The van der Waals surface area contributed by atoms with Gasteiger partial charge in [0.1, 0.15) is 5.75 Å². The van der Waals surface area contributed by atoms with E-state index in [1.165, 1.54) is 0 Å². The number of benzene rings is 2. The number of hydrogen-bond donors (Lipinski definition) is 2. The van der Waals surface area contributed by atoms with Crippen LogP contribution in [0.4, 0.5) is 16.2 Å². The van der Waals surface area contributed by atoms with Crippen LogP contribution in [0.3, 0.4) is 0 Å². The molecule has 0 saturated carbocycles. The fourth-order valence-corrected chi connectivity index (χ4v) is 2.75. The molecule has 130 valence electrons. The van der Waals surface area contributed by atoms with Crippen LogP contribution >= 0.6 is 0 Å². The molecule has 2 N–H and O–H groups in total. The van der Waals surface area contributed by atoms with E-state index < -0.39 is 0 Å². The van der Waals surface area contributed by atoms with Crippen LogP contribution in [0.15, 0.2) is 42.5 Å². The molecule has 2 aromatic rings. The van der Waals surface area contributed by atoms with Gasteiger partial charge in [0.2, 0.25) is 0 Å². The molecular weight excluding hydrogens is 318 g/mol. The molecule has 3 amide bonds. The van der Waals surface area contributed by atoms with Gasteiger partial charge in [-0.25, -0.2) is 4.79 Å². The lowest BCUT2D eigenvalue weighted by Gasteiger charge is -2.20. The Labute approximate surface area is 146 Å². The maximum atomic E-state index is 13.0. The number of nitrogens with zero attached hydrogens (tertiary/aromatic N) is 1. The van der Waals surface area contributed by atoms with Gasteiger partial charge in [-0.05, 0) is 51.1 Å². The zero-order chi connectivity index (χ0) is 18.0. The van der Waals surface area contributed by atoms with Gasteiger partial charge < -0.3 is 20.3 Å². The summed E-state index contributed by atoms with van der Waals surface area (Å²) in [4.78, 5) is 26.5. The SMILES string of the molecule is CCN1C(=O)c2cc(NC(=O)NC(C)C)ccc2Oc2ccccc21. The first-order chi connectivity index (χ1) is 12.0. The molecule has 1 heterocycles. The number of carbonyl (C=O) groups is 2. The third kappa shape index (κ3) is 3.42. The summed E-state index contributed by atoms with van der Waals surface area (Å²) in [5, 5.41) is 5.49. The van der Waals surface area contributed by atoms with E-state index in [0.29, 0.717) is 29.3 Å².